The number of aldehydes is 1. The number of likely N-dealkylation sites (tertiary alicyclic amines) is 1. The van der Waals surface area contributed by atoms with Gasteiger partial charge in [0.05, 0.1) is 0 Å². The van der Waals surface area contributed by atoms with Crippen LogP contribution in [0.15, 0.2) is 24.3 Å². The Labute approximate surface area is 173 Å². The molecule has 0 bridgehead atoms. The minimum Gasteiger partial charge on any atom is -0.444 e. The molecule has 1 aliphatic rings. The van der Waals surface area contributed by atoms with Gasteiger partial charge in [0.15, 0.2) is 0 Å². The maximum absolute atomic E-state index is 12.2. The Morgan fingerprint density at radius 3 is 2.34 bits per heavy atom. The number of hydrogen-bond acceptors (Lipinski definition) is 5. The molecule has 7 heteroatoms. The summed E-state index contributed by atoms with van der Waals surface area (Å²) in [5.74, 6) is 0.262. The number of amides is 2. The van der Waals surface area contributed by atoms with Gasteiger partial charge in [0, 0.05) is 32.2 Å². The number of nitrogens with one attached hydrogen (secondary N) is 2. The maximum atomic E-state index is 12.2. The third-order valence-corrected chi connectivity index (χ3v) is 5.01. The molecule has 0 saturated carbocycles. The van der Waals surface area contributed by atoms with E-state index in [1.165, 1.54) is 5.56 Å². The minimum absolute atomic E-state index is 0.134. The number of piperidine rings is 1. The van der Waals surface area contributed by atoms with Crippen LogP contribution in [0.1, 0.15) is 57.9 Å². The Balaban J connectivity index is 1.91. The lowest BCUT2D eigenvalue weighted by molar-refractivity contribution is -0.121. The lowest BCUT2D eigenvalue weighted by atomic mass is 9.89. The Bertz CT molecular complexity index is 689. The average molecular weight is 404 g/mol. The van der Waals surface area contributed by atoms with Crippen molar-refractivity contribution in [1.29, 1.82) is 0 Å². The first-order chi connectivity index (χ1) is 13.7. The Kier molecular flexibility index (Phi) is 8.05. The van der Waals surface area contributed by atoms with E-state index in [1.807, 2.05) is 32.9 Å². The molecule has 0 aromatic heterocycles. The molecule has 7 nitrogen and oxygen atoms in total. The zero-order chi connectivity index (χ0) is 21.4. The summed E-state index contributed by atoms with van der Waals surface area (Å²) in [6.07, 6.45) is 3.15. The molecule has 160 valence electrons. The number of carbonyl (C=O) groups excluding carboxylic acids is 3. The molecule has 1 aromatic carbocycles. The summed E-state index contributed by atoms with van der Waals surface area (Å²) in [5.41, 5.74) is 1.60. The van der Waals surface area contributed by atoms with Crippen LogP contribution in [0, 0.1) is 0 Å². The van der Waals surface area contributed by atoms with Gasteiger partial charge in [0.25, 0.3) is 0 Å². The number of anilines is 1. The first kappa shape index (κ1) is 22.7. The number of hydrogen-bond donors (Lipinski definition) is 2. The number of nitrogens with zero attached hydrogens (tertiary/aromatic N) is 1. The molecule has 2 N–H and O–H groups in total. The van der Waals surface area contributed by atoms with E-state index < -0.39 is 11.6 Å². The Hall–Kier alpha value is -2.57. The summed E-state index contributed by atoms with van der Waals surface area (Å²) in [6.45, 7) is 7.00. The van der Waals surface area contributed by atoms with E-state index in [0.29, 0.717) is 31.8 Å². The lowest BCUT2D eigenvalue weighted by Crippen LogP contribution is -2.41. The van der Waals surface area contributed by atoms with Crippen LogP contribution in [-0.2, 0) is 14.3 Å². The molecule has 1 atom stereocenters. The highest BCUT2D eigenvalue weighted by Gasteiger charge is 2.27. The third kappa shape index (κ3) is 7.07. The summed E-state index contributed by atoms with van der Waals surface area (Å²) in [5, 5.41) is 5.82. The molecule has 1 aromatic rings. The van der Waals surface area contributed by atoms with Crippen molar-refractivity contribution in [3.8, 4) is 0 Å². The lowest BCUT2D eigenvalue weighted by Gasteiger charge is -2.33. The van der Waals surface area contributed by atoms with Crippen LogP contribution >= 0.6 is 0 Å². The SMILES string of the molecule is CNC(=O)C(CCC=O)Nc1ccc(C2CCN(C(=O)OC(C)(C)C)CC2)cc1. The van der Waals surface area contributed by atoms with Crippen molar-refractivity contribution in [2.24, 2.45) is 0 Å². The monoisotopic (exact) mass is 403 g/mol. The van der Waals surface area contributed by atoms with Gasteiger partial charge in [-0.2, -0.15) is 0 Å². The smallest absolute Gasteiger partial charge is 0.410 e. The van der Waals surface area contributed by atoms with E-state index in [9.17, 15) is 14.4 Å². The van der Waals surface area contributed by atoms with Gasteiger partial charge in [-0.15, -0.1) is 0 Å². The normalized spacial score (nSPS) is 16.1. The zero-order valence-electron chi connectivity index (χ0n) is 17.9. The molecule has 1 heterocycles. The second-order valence-corrected chi connectivity index (χ2v) is 8.42. The highest BCUT2D eigenvalue weighted by Crippen LogP contribution is 2.29. The predicted molar refractivity (Wildman–Crippen MR) is 113 cm³/mol. The van der Waals surface area contributed by atoms with E-state index in [4.69, 9.17) is 4.74 Å². The number of likely N-dealkylation sites (N-methyl/N-ethyl adjacent to an activating group) is 1. The fourth-order valence-electron chi connectivity index (χ4n) is 3.45. The van der Waals surface area contributed by atoms with Gasteiger partial charge in [0.2, 0.25) is 5.91 Å². The van der Waals surface area contributed by atoms with E-state index in [1.54, 1.807) is 11.9 Å². The topological polar surface area (TPSA) is 87.7 Å². The second kappa shape index (κ2) is 10.3. The van der Waals surface area contributed by atoms with Crippen LogP contribution < -0.4 is 10.6 Å². The molecule has 0 radical (unpaired) electrons. The largest absolute Gasteiger partial charge is 0.444 e. The van der Waals surface area contributed by atoms with Crippen molar-refractivity contribution >= 4 is 24.0 Å². The maximum Gasteiger partial charge on any atom is 0.410 e. The highest BCUT2D eigenvalue weighted by molar-refractivity contribution is 5.84. The van der Waals surface area contributed by atoms with Gasteiger partial charge in [-0.05, 0) is 63.6 Å². The van der Waals surface area contributed by atoms with Crippen LogP contribution in [0.3, 0.4) is 0 Å². The molecule has 29 heavy (non-hydrogen) atoms. The quantitative estimate of drug-likeness (QED) is 0.682. The van der Waals surface area contributed by atoms with Crippen molar-refractivity contribution < 1.29 is 19.1 Å². The number of rotatable bonds is 7. The van der Waals surface area contributed by atoms with Crippen LogP contribution in [0.5, 0.6) is 0 Å². The van der Waals surface area contributed by atoms with Crippen LogP contribution in [-0.4, -0.2) is 55.0 Å². The molecule has 1 fully saturated rings. The van der Waals surface area contributed by atoms with Gasteiger partial charge >= 0.3 is 6.09 Å². The van der Waals surface area contributed by atoms with Gasteiger partial charge in [-0.3, -0.25) is 4.79 Å². The predicted octanol–water partition coefficient (Wildman–Crippen LogP) is 3.31. The number of ether oxygens (including phenoxy) is 1. The Morgan fingerprint density at radius 2 is 1.83 bits per heavy atom. The number of carbonyl (C=O) groups is 3. The molecule has 1 saturated heterocycles. The van der Waals surface area contributed by atoms with E-state index in [-0.39, 0.29) is 12.0 Å². The first-order valence-electron chi connectivity index (χ1n) is 10.2. The van der Waals surface area contributed by atoms with Crippen molar-refractivity contribution in [1.82, 2.24) is 10.2 Å². The zero-order valence-corrected chi connectivity index (χ0v) is 17.9. The average Bonchev–Trinajstić information content (AvgIpc) is 2.70. The molecule has 1 aliphatic heterocycles. The summed E-state index contributed by atoms with van der Waals surface area (Å²) >= 11 is 0. The molecule has 1 unspecified atom stereocenters. The third-order valence-electron chi connectivity index (χ3n) is 5.01. The van der Waals surface area contributed by atoms with E-state index in [2.05, 4.69) is 22.8 Å². The number of benzene rings is 1. The minimum atomic E-state index is -0.477. The van der Waals surface area contributed by atoms with E-state index >= 15 is 0 Å². The van der Waals surface area contributed by atoms with Gasteiger partial charge in [0.1, 0.15) is 17.9 Å². The molecular weight excluding hydrogens is 370 g/mol. The van der Waals surface area contributed by atoms with Gasteiger partial charge < -0.3 is 25.1 Å². The van der Waals surface area contributed by atoms with Crippen LogP contribution in [0.2, 0.25) is 0 Å². The Morgan fingerprint density at radius 1 is 1.21 bits per heavy atom. The van der Waals surface area contributed by atoms with Crippen molar-refractivity contribution in [3.63, 3.8) is 0 Å². The fourth-order valence-corrected chi connectivity index (χ4v) is 3.45. The fraction of sp³-hybridized carbons (Fsp3) is 0.591. The summed E-state index contributed by atoms with van der Waals surface area (Å²) in [4.78, 5) is 36.6. The van der Waals surface area contributed by atoms with Gasteiger partial charge in [-0.25, -0.2) is 4.79 Å². The van der Waals surface area contributed by atoms with Crippen LogP contribution in [0.4, 0.5) is 10.5 Å². The second-order valence-electron chi connectivity index (χ2n) is 8.42. The molecule has 0 spiro atoms. The van der Waals surface area contributed by atoms with Crippen molar-refractivity contribution in [3.05, 3.63) is 29.8 Å². The standard InChI is InChI=1S/C22H33N3O4/c1-22(2,3)29-21(28)25-13-11-17(12-14-25)16-7-9-18(10-8-16)24-19(6-5-15-26)20(27)23-4/h7-10,15,17,19,24H,5-6,11-14H2,1-4H3,(H,23,27). The van der Waals surface area contributed by atoms with Gasteiger partial charge in [-0.1, -0.05) is 12.1 Å². The summed E-state index contributed by atoms with van der Waals surface area (Å²) < 4.78 is 5.45. The highest BCUT2D eigenvalue weighted by atomic mass is 16.6. The molecule has 0 aliphatic carbocycles. The molecular formula is C22H33N3O4. The summed E-state index contributed by atoms with van der Waals surface area (Å²) in [7, 11) is 1.59. The van der Waals surface area contributed by atoms with E-state index in [0.717, 1.165) is 24.8 Å². The van der Waals surface area contributed by atoms with Crippen molar-refractivity contribution in [2.45, 2.75) is 64.0 Å². The van der Waals surface area contributed by atoms with Crippen LogP contribution in [0.25, 0.3) is 0 Å². The first-order valence-corrected chi connectivity index (χ1v) is 10.2. The summed E-state index contributed by atoms with van der Waals surface area (Å²) in [6, 6.07) is 7.62. The van der Waals surface area contributed by atoms with Crippen molar-refractivity contribution in [2.75, 3.05) is 25.5 Å². The molecule has 2 amide bonds. The molecule has 2 rings (SSSR count).